The van der Waals surface area contributed by atoms with Gasteiger partial charge in [-0.25, -0.2) is 4.39 Å². The second kappa shape index (κ2) is 4.64. The number of hydrogen-bond donors (Lipinski definition) is 0. The van der Waals surface area contributed by atoms with Crippen LogP contribution in [0.2, 0.25) is 5.02 Å². The lowest BCUT2D eigenvalue weighted by Gasteiger charge is -1.93. The monoisotopic (exact) mass is 196 g/mol. The summed E-state index contributed by atoms with van der Waals surface area (Å²) in [6, 6.07) is 4.27. The molecule has 0 radical (unpaired) electrons. The molecule has 3 heteroatoms. The van der Waals surface area contributed by atoms with E-state index in [4.69, 9.17) is 11.6 Å². The molecule has 1 aromatic rings. The smallest absolute Gasteiger partial charge is 0.143 e. The molecule has 0 atom stereocenters. The van der Waals surface area contributed by atoms with Gasteiger partial charge in [0.2, 0.25) is 0 Å². The number of halogens is 2. The topological polar surface area (TPSA) is 17.1 Å². The molecule has 0 fully saturated rings. The maximum absolute atomic E-state index is 12.8. The van der Waals surface area contributed by atoms with Crippen LogP contribution in [0.1, 0.15) is 12.0 Å². The standard InChI is InChI=1S/C10H6ClFO/c11-9-5-4-8(7-10(9)12)3-1-2-6-13/h4-7H,2H2. The Morgan fingerprint density at radius 2 is 2.31 bits per heavy atom. The molecular weight excluding hydrogens is 191 g/mol. The molecule has 0 bridgehead atoms. The van der Waals surface area contributed by atoms with Crippen molar-refractivity contribution in [2.45, 2.75) is 6.42 Å². The van der Waals surface area contributed by atoms with Crippen molar-refractivity contribution < 1.29 is 9.18 Å². The van der Waals surface area contributed by atoms with Crippen LogP contribution in [0.5, 0.6) is 0 Å². The van der Waals surface area contributed by atoms with Gasteiger partial charge in [-0.3, -0.25) is 0 Å². The van der Waals surface area contributed by atoms with Gasteiger partial charge >= 0.3 is 0 Å². The highest BCUT2D eigenvalue weighted by atomic mass is 35.5. The normalized spacial score (nSPS) is 8.77. The lowest BCUT2D eigenvalue weighted by Crippen LogP contribution is -1.79. The first-order chi connectivity index (χ1) is 6.24. The van der Waals surface area contributed by atoms with Gasteiger partial charge in [-0.1, -0.05) is 23.4 Å². The summed E-state index contributed by atoms with van der Waals surface area (Å²) in [5.74, 6) is 4.70. The first-order valence-corrected chi connectivity index (χ1v) is 3.99. The Balaban J connectivity index is 2.87. The molecule has 0 N–H and O–H groups in total. The lowest BCUT2D eigenvalue weighted by atomic mass is 10.2. The van der Waals surface area contributed by atoms with E-state index in [1.807, 2.05) is 0 Å². The number of carbonyl (C=O) groups is 1. The van der Waals surface area contributed by atoms with E-state index in [1.165, 1.54) is 12.1 Å². The zero-order chi connectivity index (χ0) is 9.68. The SMILES string of the molecule is O=CCC#Cc1ccc(Cl)c(F)c1. The van der Waals surface area contributed by atoms with Crippen LogP contribution in [0, 0.1) is 17.7 Å². The molecule has 1 nitrogen and oxygen atoms in total. The molecule has 1 rings (SSSR count). The second-order valence-electron chi connectivity index (χ2n) is 2.30. The predicted octanol–water partition coefficient (Wildman–Crippen LogP) is 2.42. The van der Waals surface area contributed by atoms with E-state index in [9.17, 15) is 9.18 Å². The van der Waals surface area contributed by atoms with Crippen LogP contribution >= 0.6 is 11.6 Å². The molecule has 0 aromatic heterocycles. The first kappa shape index (κ1) is 9.76. The molecule has 0 amide bonds. The summed E-state index contributed by atoms with van der Waals surface area (Å²) < 4.78 is 12.8. The zero-order valence-corrected chi connectivity index (χ0v) is 7.44. The zero-order valence-electron chi connectivity index (χ0n) is 6.68. The van der Waals surface area contributed by atoms with E-state index < -0.39 is 5.82 Å². The van der Waals surface area contributed by atoms with E-state index in [0.717, 1.165) is 0 Å². The minimum absolute atomic E-state index is 0.0703. The predicted molar refractivity (Wildman–Crippen MR) is 49.0 cm³/mol. The first-order valence-electron chi connectivity index (χ1n) is 3.61. The molecule has 66 valence electrons. The van der Waals surface area contributed by atoms with Gasteiger partial charge < -0.3 is 4.79 Å². The van der Waals surface area contributed by atoms with E-state index in [-0.39, 0.29) is 11.4 Å². The Hall–Kier alpha value is -1.33. The molecule has 0 saturated carbocycles. The van der Waals surface area contributed by atoms with Gasteiger partial charge in [-0.05, 0) is 18.2 Å². The summed E-state index contributed by atoms with van der Waals surface area (Å²) >= 11 is 5.46. The molecule has 0 aliphatic carbocycles. The van der Waals surface area contributed by atoms with E-state index in [0.29, 0.717) is 11.8 Å². The Labute approximate surface area is 80.5 Å². The maximum atomic E-state index is 12.8. The van der Waals surface area contributed by atoms with Gasteiger partial charge in [0.25, 0.3) is 0 Å². The average Bonchev–Trinajstić information content (AvgIpc) is 2.12. The van der Waals surface area contributed by atoms with Gasteiger partial charge in [0, 0.05) is 5.56 Å². The molecule has 0 aliphatic heterocycles. The minimum atomic E-state index is -0.500. The van der Waals surface area contributed by atoms with Crippen LogP contribution in [0.3, 0.4) is 0 Å². The van der Waals surface area contributed by atoms with Crippen LogP contribution in [-0.4, -0.2) is 6.29 Å². The average molecular weight is 197 g/mol. The summed E-state index contributed by atoms with van der Waals surface area (Å²) in [7, 11) is 0. The Morgan fingerprint density at radius 1 is 1.54 bits per heavy atom. The van der Waals surface area contributed by atoms with Crippen molar-refractivity contribution in [3.63, 3.8) is 0 Å². The van der Waals surface area contributed by atoms with Gasteiger partial charge in [0.1, 0.15) is 12.1 Å². The number of carbonyl (C=O) groups excluding carboxylic acids is 1. The van der Waals surface area contributed by atoms with Crippen LogP contribution in [0.15, 0.2) is 18.2 Å². The van der Waals surface area contributed by atoms with Gasteiger partial charge in [0.15, 0.2) is 0 Å². The molecule has 0 aliphatic rings. The van der Waals surface area contributed by atoms with Crippen molar-refractivity contribution in [3.8, 4) is 11.8 Å². The van der Waals surface area contributed by atoms with Crippen molar-refractivity contribution >= 4 is 17.9 Å². The molecule has 1 aromatic carbocycles. The molecular formula is C10H6ClFO. The minimum Gasteiger partial charge on any atom is -0.302 e. The highest BCUT2D eigenvalue weighted by Gasteiger charge is 1.97. The fourth-order valence-electron chi connectivity index (χ4n) is 0.769. The highest BCUT2D eigenvalue weighted by molar-refractivity contribution is 6.30. The second-order valence-corrected chi connectivity index (χ2v) is 2.71. The van der Waals surface area contributed by atoms with Crippen LogP contribution in [-0.2, 0) is 4.79 Å². The van der Waals surface area contributed by atoms with Crippen molar-refractivity contribution in [1.82, 2.24) is 0 Å². The maximum Gasteiger partial charge on any atom is 0.143 e. The quantitative estimate of drug-likeness (QED) is 0.498. The van der Waals surface area contributed by atoms with E-state index >= 15 is 0 Å². The van der Waals surface area contributed by atoms with Gasteiger partial charge in [0.05, 0.1) is 11.4 Å². The van der Waals surface area contributed by atoms with Crippen molar-refractivity contribution in [2.24, 2.45) is 0 Å². The summed E-state index contributed by atoms with van der Waals surface area (Å²) in [6.45, 7) is 0. The number of hydrogen-bond acceptors (Lipinski definition) is 1. The molecule has 0 saturated heterocycles. The molecule has 0 spiro atoms. The summed E-state index contributed by atoms with van der Waals surface area (Å²) in [6.07, 6.45) is 0.851. The Bertz CT molecular complexity index is 376. The number of benzene rings is 1. The largest absolute Gasteiger partial charge is 0.302 e. The van der Waals surface area contributed by atoms with E-state index in [2.05, 4.69) is 11.8 Å². The number of rotatable bonds is 1. The fraction of sp³-hybridized carbons (Fsp3) is 0.100. The summed E-state index contributed by atoms with van der Waals surface area (Å²) in [5, 5.41) is 0.0703. The van der Waals surface area contributed by atoms with Crippen LogP contribution in [0.4, 0.5) is 4.39 Å². The van der Waals surface area contributed by atoms with Crippen molar-refractivity contribution in [1.29, 1.82) is 0 Å². The Kier molecular flexibility index (Phi) is 3.48. The third kappa shape index (κ3) is 2.89. The van der Waals surface area contributed by atoms with Gasteiger partial charge in [-0.2, -0.15) is 0 Å². The Morgan fingerprint density at radius 3 is 2.92 bits per heavy atom. The molecule has 13 heavy (non-hydrogen) atoms. The third-order valence-corrected chi connectivity index (χ3v) is 1.64. The van der Waals surface area contributed by atoms with Crippen LogP contribution in [0.25, 0.3) is 0 Å². The summed E-state index contributed by atoms with van der Waals surface area (Å²) in [5.41, 5.74) is 0.517. The van der Waals surface area contributed by atoms with Crippen molar-refractivity contribution in [3.05, 3.63) is 34.6 Å². The van der Waals surface area contributed by atoms with Crippen LogP contribution < -0.4 is 0 Å². The van der Waals surface area contributed by atoms with Gasteiger partial charge in [-0.15, -0.1) is 0 Å². The molecule has 0 heterocycles. The fourth-order valence-corrected chi connectivity index (χ4v) is 0.886. The van der Waals surface area contributed by atoms with Crippen molar-refractivity contribution in [2.75, 3.05) is 0 Å². The number of aldehydes is 1. The lowest BCUT2D eigenvalue weighted by molar-refractivity contribution is -0.107. The molecule has 0 unspecified atom stereocenters. The summed E-state index contributed by atoms with van der Waals surface area (Å²) in [4.78, 5) is 9.92. The van der Waals surface area contributed by atoms with E-state index in [1.54, 1.807) is 6.07 Å². The third-order valence-electron chi connectivity index (χ3n) is 1.34. The highest BCUT2D eigenvalue weighted by Crippen LogP contribution is 2.14.